The van der Waals surface area contributed by atoms with Crippen LogP contribution >= 0.6 is 15.9 Å². The molecule has 0 fully saturated rings. The molecule has 0 bridgehead atoms. The van der Waals surface area contributed by atoms with Crippen molar-refractivity contribution in [1.82, 2.24) is 15.0 Å². The van der Waals surface area contributed by atoms with Crippen LogP contribution in [0.3, 0.4) is 0 Å². The topological polar surface area (TPSA) is 50.9 Å². The molecule has 1 aromatic heterocycles. The normalized spacial score (nSPS) is 10.6. The molecular formula is C9H7BrFN3O. The lowest BCUT2D eigenvalue weighted by Crippen LogP contribution is -1.95. The number of rotatable bonds is 2. The van der Waals surface area contributed by atoms with E-state index in [0.717, 1.165) is 0 Å². The molecule has 0 aliphatic heterocycles. The lowest BCUT2D eigenvalue weighted by atomic mass is 10.3. The van der Waals surface area contributed by atoms with Gasteiger partial charge in [-0.3, -0.25) is 0 Å². The Morgan fingerprint density at radius 1 is 1.47 bits per heavy atom. The highest BCUT2D eigenvalue weighted by molar-refractivity contribution is 9.10. The predicted octanol–water partition coefficient (Wildman–Crippen LogP) is 1.66. The third-order valence-electron chi connectivity index (χ3n) is 1.87. The number of hydrogen-bond acceptors (Lipinski definition) is 3. The van der Waals surface area contributed by atoms with Crippen LogP contribution in [0, 0.1) is 5.82 Å². The number of nitrogens with zero attached hydrogens (tertiary/aromatic N) is 3. The van der Waals surface area contributed by atoms with E-state index < -0.39 is 0 Å². The van der Waals surface area contributed by atoms with E-state index in [1.54, 1.807) is 18.3 Å². The van der Waals surface area contributed by atoms with E-state index in [4.69, 9.17) is 5.11 Å². The van der Waals surface area contributed by atoms with Crippen LogP contribution in [0.1, 0.15) is 5.69 Å². The second-order valence-electron chi connectivity index (χ2n) is 2.91. The largest absolute Gasteiger partial charge is 0.390 e. The van der Waals surface area contributed by atoms with Crippen molar-refractivity contribution in [3.63, 3.8) is 0 Å². The maximum atomic E-state index is 13.2. The third-order valence-corrected chi connectivity index (χ3v) is 2.51. The monoisotopic (exact) mass is 271 g/mol. The number of benzene rings is 1. The van der Waals surface area contributed by atoms with Crippen LogP contribution in [0.2, 0.25) is 0 Å². The van der Waals surface area contributed by atoms with E-state index in [2.05, 4.69) is 26.2 Å². The summed E-state index contributed by atoms with van der Waals surface area (Å²) in [4.78, 5) is 0. The molecule has 0 unspecified atom stereocenters. The Labute approximate surface area is 93.5 Å². The van der Waals surface area contributed by atoms with Crippen LogP contribution in [0.25, 0.3) is 5.69 Å². The first-order chi connectivity index (χ1) is 7.20. The second-order valence-corrected chi connectivity index (χ2v) is 3.77. The summed E-state index contributed by atoms with van der Waals surface area (Å²) in [5, 5.41) is 16.2. The predicted molar refractivity (Wildman–Crippen MR) is 54.9 cm³/mol. The van der Waals surface area contributed by atoms with E-state index in [-0.39, 0.29) is 12.4 Å². The van der Waals surface area contributed by atoms with Crippen LogP contribution in [0.15, 0.2) is 28.9 Å². The molecule has 1 aromatic carbocycles. The Kier molecular flexibility index (Phi) is 2.79. The molecule has 15 heavy (non-hydrogen) atoms. The molecule has 2 aromatic rings. The minimum absolute atomic E-state index is 0.182. The van der Waals surface area contributed by atoms with Gasteiger partial charge in [-0.15, -0.1) is 5.10 Å². The van der Waals surface area contributed by atoms with E-state index in [9.17, 15) is 4.39 Å². The van der Waals surface area contributed by atoms with Gasteiger partial charge in [-0.2, -0.15) is 0 Å². The number of aliphatic hydroxyl groups is 1. The summed E-state index contributed by atoms with van der Waals surface area (Å²) in [6.45, 7) is -0.182. The average Bonchev–Trinajstić information content (AvgIpc) is 2.70. The molecule has 0 aliphatic carbocycles. The molecule has 6 heteroatoms. The van der Waals surface area contributed by atoms with Crippen molar-refractivity contribution in [3.8, 4) is 5.69 Å². The van der Waals surface area contributed by atoms with Gasteiger partial charge in [-0.05, 0) is 28.1 Å². The fraction of sp³-hybridized carbons (Fsp3) is 0.111. The van der Waals surface area contributed by atoms with Crippen LogP contribution < -0.4 is 0 Å². The van der Waals surface area contributed by atoms with Crippen LogP contribution in [0.5, 0.6) is 0 Å². The summed E-state index contributed by atoms with van der Waals surface area (Å²) in [7, 11) is 0. The molecule has 0 amide bonds. The Balaban J connectivity index is 2.40. The zero-order chi connectivity index (χ0) is 10.8. The second kappa shape index (κ2) is 4.08. The third kappa shape index (κ3) is 2.05. The van der Waals surface area contributed by atoms with E-state index in [1.165, 1.54) is 10.7 Å². The highest BCUT2D eigenvalue weighted by atomic mass is 79.9. The first-order valence-corrected chi connectivity index (χ1v) is 4.97. The molecule has 1 N–H and O–H groups in total. The fourth-order valence-corrected chi connectivity index (χ4v) is 1.37. The van der Waals surface area contributed by atoms with Gasteiger partial charge in [0.25, 0.3) is 0 Å². The van der Waals surface area contributed by atoms with Crippen molar-refractivity contribution in [2.24, 2.45) is 0 Å². The highest BCUT2D eigenvalue weighted by Crippen LogP contribution is 2.18. The molecule has 1 heterocycles. The van der Waals surface area contributed by atoms with Crippen molar-refractivity contribution >= 4 is 15.9 Å². The first kappa shape index (κ1) is 10.3. The number of hydrogen-bond donors (Lipinski definition) is 1. The fourth-order valence-electron chi connectivity index (χ4n) is 1.12. The summed E-state index contributed by atoms with van der Waals surface area (Å²) < 4.78 is 15.0. The van der Waals surface area contributed by atoms with Gasteiger partial charge in [-0.1, -0.05) is 5.21 Å². The van der Waals surface area contributed by atoms with E-state index in [1.807, 2.05) is 0 Å². The summed E-state index contributed by atoms with van der Waals surface area (Å²) in [6.07, 6.45) is 1.54. The Hall–Kier alpha value is -1.27. The van der Waals surface area contributed by atoms with Crippen molar-refractivity contribution in [2.45, 2.75) is 6.61 Å². The van der Waals surface area contributed by atoms with Crippen LogP contribution in [0.4, 0.5) is 4.39 Å². The average molecular weight is 272 g/mol. The molecule has 0 spiro atoms. The smallest absolute Gasteiger partial charge is 0.139 e. The zero-order valence-corrected chi connectivity index (χ0v) is 9.15. The molecule has 0 aliphatic rings. The SMILES string of the molecule is OCc1cn(-c2ccc(Br)c(F)c2)nn1. The minimum Gasteiger partial charge on any atom is -0.390 e. The Morgan fingerprint density at radius 3 is 2.87 bits per heavy atom. The zero-order valence-electron chi connectivity index (χ0n) is 7.56. The van der Waals surface area contributed by atoms with Gasteiger partial charge in [0.05, 0.1) is 23.0 Å². The Morgan fingerprint density at radius 2 is 2.27 bits per heavy atom. The molecule has 0 radical (unpaired) electrons. The van der Waals surface area contributed by atoms with Gasteiger partial charge in [0.15, 0.2) is 0 Å². The van der Waals surface area contributed by atoms with E-state index in [0.29, 0.717) is 15.9 Å². The maximum Gasteiger partial charge on any atom is 0.139 e. The van der Waals surface area contributed by atoms with Crippen LogP contribution in [-0.4, -0.2) is 20.1 Å². The Bertz CT molecular complexity index is 486. The van der Waals surface area contributed by atoms with Crippen molar-refractivity contribution in [1.29, 1.82) is 0 Å². The lowest BCUT2D eigenvalue weighted by molar-refractivity contribution is 0.276. The molecule has 2 rings (SSSR count). The summed E-state index contributed by atoms with van der Waals surface area (Å²) >= 11 is 3.06. The minimum atomic E-state index is -0.367. The maximum absolute atomic E-state index is 13.2. The first-order valence-electron chi connectivity index (χ1n) is 4.18. The van der Waals surface area contributed by atoms with Gasteiger partial charge in [-0.25, -0.2) is 9.07 Å². The molecular weight excluding hydrogens is 265 g/mol. The number of aliphatic hydroxyl groups excluding tert-OH is 1. The van der Waals surface area contributed by atoms with Crippen molar-refractivity contribution < 1.29 is 9.50 Å². The van der Waals surface area contributed by atoms with Gasteiger partial charge in [0, 0.05) is 6.07 Å². The quantitative estimate of drug-likeness (QED) is 0.904. The standard InChI is InChI=1S/C9H7BrFN3O/c10-8-2-1-7(3-9(8)11)14-4-6(5-15)12-13-14/h1-4,15H,5H2. The van der Waals surface area contributed by atoms with Gasteiger partial charge in [0.1, 0.15) is 11.5 Å². The van der Waals surface area contributed by atoms with Gasteiger partial charge in [0.2, 0.25) is 0 Å². The van der Waals surface area contributed by atoms with E-state index >= 15 is 0 Å². The molecule has 0 saturated carbocycles. The van der Waals surface area contributed by atoms with Crippen molar-refractivity contribution in [3.05, 3.63) is 40.4 Å². The van der Waals surface area contributed by atoms with Gasteiger partial charge < -0.3 is 5.11 Å². The van der Waals surface area contributed by atoms with Crippen LogP contribution in [-0.2, 0) is 6.61 Å². The molecule has 78 valence electrons. The lowest BCUT2D eigenvalue weighted by Gasteiger charge is -2.00. The van der Waals surface area contributed by atoms with Crippen molar-refractivity contribution in [2.75, 3.05) is 0 Å². The molecule has 0 saturated heterocycles. The van der Waals surface area contributed by atoms with Gasteiger partial charge >= 0.3 is 0 Å². The number of aromatic nitrogens is 3. The summed E-state index contributed by atoms with van der Waals surface area (Å²) in [6, 6.07) is 4.62. The summed E-state index contributed by atoms with van der Waals surface area (Å²) in [5.74, 6) is -0.367. The number of halogens is 2. The highest BCUT2D eigenvalue weighted by Gasteiger charge is 2.04. The molecule has 0 atom stereocenters. The molecule has 4 nitrogen and oxygen atoms in total. The summed E-state index contributed by atoms with van der Waals surface area (Å²) in [5.41, 5.74) is 1.00.